The van der Waals surface area contributed by atoms with Gasteiger partial charge in [0.1, 0.15) is 18.0 Å². The lowest BCUT2D eigenvalue weighted by Gasteiger charge is -2.36. The van der Waals surface area contributed by atoms with Crippen molar-refractivity contribution in [2.75, 3.05) is 0 Å². The maximum atomic E-state index is 15.2. The summed E-state index contributed by atoms with van der Waals surface area (Å²) in [5.41, 5.74) is -5.91. The minimum atomic E-state index is -4.18. The molecule has 1 aromatic carbocycles. The molecular formula is C15H11F4N5O2. The highest BCUT2D eigenvalue weighted by Gasteiger charge is 2.57. The predicted molar refractivity (Wildman–Crippen MR) is 79.0 cm³/mol. The highest BCUT2D eigenvalue weighted by Crippen LogP contribution is 2.46. The van der Waals surface area contributed by atoms with Crippen molar-refractivity contribution in [1.82, 2.24) is 25.2 Å². The minimum absolute atomic E-state index is 0.365. The van der Waals surface area contributed by atoms with Gasteiger partial charge in [-0.3, -0.25) is 4.79 Å². The molecule has 0 aliphatic carbocycles. The summed E-state index contributed by atoms with van der Waals surface area (Å²) in [7, 11) is 0. The molecule has 3 aromatic rings. The zero-order valence-electron chi connectivity index (χ0n) is 12.9. The maximum Gasteiger partial charge on any atom is 0.321 e. The number of alkyl halides is 2. The van der Waals surface area contributed by atoms with E-state index in [1.807, 2.05) is 4.98 Å². The van der Waals surface area contributed by atoms with E-state index < -0.39 is 46.5 Å². The molecular weight excluding hydrogens is 358 g/mol. The number of nitrogens with zero attached hydrogens (tertiary/aromatic N) is 4. The third kappa shape index (κ3) is 2.96. The molecule has 136 valence electrons. The summed E-state index contributed by atoms with van der Waals surface area (Å²) in [6.07, 6.45) is 0.941. The molecule has 0 aliphatic rings. The van der Waals surface area contributed by atoms with E-state index in [0.717, 1.165) is 35.3 Å². The van der Waals surface area contributed by atoms with Crippen molar-refractivity contribution in [2.45, 2.75) is 18.1 Å². The number of H-pyrrole nitrogens is 1. The average Bonchev–Trinajstić information content (AvgIpc) is 3.07. The Bertz CT molecular complexity index is 976. The Labute approximate surface area is 142 Å². The number of pyridine rings is 1. The number of hydrogen-bond donors (Lipinski definition) is 2. The van der Waals surface area contributed by atoms with Gasteiger partial charge < -0.3 is 10.1 Å². The smallest absolute Gasteiger partial charge is 0.321 e. The quantitative estimate of drug-likeness (QED) is 0.662. The van der Waals surface area contributed by atoms with E-state index in [1.54, 1.807) is 0 Å². The van der Waals surface area contributed by atoms with E-state index in [2.05, 4.69) is 15.5 Å². The number of aromatic amines is 1. The summed E-state index contributed by atoms with van der Waals surface area (Å²) in [4.78, 5) is 13.3. The molecule has 0 amide bonds. The Balaban J connectivity index is 2.21. The van der Waals surface area contributed by atoms with Gasteiger partial charge in [-0.15, -0.1) is 5.10 Å². The van der Waals surface area contributed by atoms with Crippen LogP contribution in [0.15, 0.2) is 47.5 Å². The van der Waals surface area contributed by atoms with Crippen molar-refractivity contribution in [3.63, 3.8) is 0 Å². The first-order chi connectivity index (χ1) is 12.2. The van der Waals surface area contributed by atoms with E-state index in [-0.39, 0.29) is 0 Å². The second-order valence-corrected chi connectivity index (χ2v) is 5.49. The van der Waals surface area contributed by atoms with Gasteiger partial charge in [-0.1, -0.05) is 6.07 Å². The van der Waals surface area contributed by atoms with Gasteiger partial charge in [-0.25, -0.2) is 13.5 Å². The van der Waals surface area contributed by atoms with Crippen LogP contribution in [0, 0.1) is 11.6 Å². The normalized spacial score (nSPS) is 14.2. The molecule has 0 saturated carbocycles. The number of nitrogens with one attached hydrogen (secondary N) is 1. The van der Waals surface area contributed by atoms with Crippen molar-refractivity contribution in [1.29, 1.82) is 0 Å². The van der Waals surface area contributed by atoms with Gasteiger partial charge in [0.15, 0.2) is 5.60 Å². The van der Waals surface area contributed by atoms with Crippen LogP contribution in [0.3, 0.4) is 0 Å². The van der Waals surface area contributed by atoms with Gasteiger partial charge in [0.05, 0.1) is 12.2 Å². The first-order valence-electron chi connectivity index (χ1n) is 7.20. The lowest BCUT2D eigenvalue weighted by atomic mass is 9.84. The van der Waals surface area contributed by atoms with Crippen LogP contribution in [0.1, 0.15) is 11.3 Å². The lowest BCUT2D eigenvalue weighted by Crippen LogP contribution is -2.48. The van der Waals surface area contributed by atoms with Crippen molar-refractivity contribution in [3.8, 4) is 0 Å². The molecule has 0 bridgehead atoms. The van der Waals surface area contributed by atoms with Crippen molar-refractivity contribution < 1.29 is 22.7 Å². The maximum absolute atomic E-state index is 15.2. The summed E-state index contributed by atoms with van der Waals surface area (Å²) < 4.78 is 58.5. The van der Waals surface area contributed by atoms with Crippen molar-refractivity contribution in [3.05, 3.63) is 76.0 Å². The Hall–Kier alpha value is -3.08. The van der Waals surface area contributed by atoms with Crippen LogP contribution in [0.25, 0.3) is 0 Å². The Morgan fingerprint density at radius 2 is 1.96 bits per heavy atom. The van der Waals surface area contributed by atoms with Gasteiger partial charge in [0, 0.05) is 17.7 Å². The van der Waals surface area contributed by atoms with Crippen LogP contribution in [-0.4, -0.2) is 30.3 Å². The first kappa shape index (κ1) is 17.7. The van der Waals surface area contributed by atoms with Crippen LogP contribution in [0.5, 0.6) is 0 Å². The van der Waals surface area contributed by atoms with Gasteiger partial charge >= 0.3 is 5.92 Å². The van der Waals surface area contributed by atoms with E-state index in [0.29, 0.717) is 12.1 Å². The van der Waals surface area contributed by atoms with Gasteiger partial charge in [-0.2, -0.15) is 8.78 Å². The monoisotopic (exact) mass is 369 g/mol. The molecule has 0 saturated heterocycles. The fourth-order valence-corrected chi connectivity index (χ4v) is 2.52. The Morgan fingerprint density at radius 3 is 2.58 bits per heavy atom. The standard InChI is InChI=1S/C15H11F4N5O2/c16-9-4-5-10(11(17)6-9)14(26,7-24-8-20-22-23-24)15(18,19)12-2-1-3-13(25)21-12/h1-6,8,26H,7H2,(H,21,25). The molecule has 2 heterocycles. The second-order valence-electron chi connectivity index (χ2n) is 5.49. The summed E-state index contributed by atoms with van der Waals surface area (Å²) in [6.45, 7) is -0.966. The van der Waals surface area contributed by atoms with Crippen LogP contribution >= 0.6 is 0 Å². The number of aliphatic hydroxyl groups is 1. The third-order valence-electron chi connectivity index (χ3n) is 3.79. The molecule has 1 atom stereocenters. The van der Waals surface area contributed by atoms with Crippen molar-refractivity contribution >= 4 is 0 Å². The average molecular weight is 369 g/mol. The fraction of sp³-hybridized carbons (Fsp3) is 0.200. The molecule has 2 aromatic heterocycles. The van der Waals surface area contributed by atoms with Crippen LogP contribution in [0.2, 0.25) is 0 Å². The number of rotatable bonds is 5. The lowest BCUT2D eigenvalue weighted by molar-refractivity contribution is -0.207. The third-order valence-corrected chi connectivity index (χ3v) is 3.79. The topological polar surface area (TPSA) is 96.7 Å². The van der Waals surface area contributed by atoms with Crippen LogP contribution < -0.4 is 5.56 Å². The van der Waals surface area contributed by atoms with Gasteiger partial charge in [0.25, 0.3) is 0 Å². The van der Waals surface area contributed by atoms with Gasteiger partial charge in [0.2, 0.25) is 5.56 Å². The van der Waals surface area contributed by atoms with Gasteiger partial charge in [-0.05, 0) is 28.6 Å². The Kier molecular flexibility index (Phi) is 4.32. The largest absolute Gasteiger partial charge is 0.377 e. The number of hydrogen-bond acceptors (Lipinski definition) is 5. The molecule has 0 aliphatic heterocycles. The molecule has 0 radical (unpaired) electrons. The molecule has 2 N–H and O–H groups in total. The molecule has 7 nitrogen and oxygen atoms in total. The van der Waals surface area contributed by atoms with E-state index in [1.165, 1.54) is 0 Å². The molecule has 11 heteroatoms. The zero-order valence-corrected chi connectivity index (χ0v) is 12.9. The molecule has 1 unspecified atom stereocenters. The molecule has 3 rings (SSSR count). The summed E-state index contributed by atoms with van der Waals surface area (Å²) in [5, 5.41) is 20.8. The summed E-state index contributed by atoms with van der Waals surface area (Å²) in [5.74, 6) is -6.58. The fourth-order valence-electron chi connectivity index (χ4n) is 2.52. The molecule has 0 spiro atoms. The summed E-state index contributed by atoms with van der Waals surface area (Å²) >= 11 is 0. The first-order valence-corrected chi connectivity index (χ1v) is 7.20. The van der Waals surface area contributed by atoms with Crippen molar-refractivity contribution in [2.24, 2.45) is 0 Å². The highest BCUT2D eigenvalue weighted by atomic mass is 19.3. The molecule has 26 heavy (non-hydrogen) atoms. The highest BCUT2D eigenvalue weighted by molar-refractivity contribution is 5.30. The van der Waals surface area contributed by atoms with E-state index in [4.69, 9.17) is 0 Å². The Morgan fingerprint density at radius 1 is 1.19 bits per heavy atom. The van der Waals surface area contributed by atoms with E-state index >= 15 is 8.78 Å². The number of halogens is 4. The predicted octanol–water partition coefficient (Wildman–Crippen LogP) is 1.32. The number of tetrazole rings is 1. The number of benzene rings is 1. The summed E-state index contributed by atoms with van der Waals surface area (Å²) in [6, 6.07) is 4.72. The van der Waals surface area contributed by atoms with E-state index in [9.17, 15) is 18.7 Å². The zero-order chi connectivity index (χ0) is 18.9. The van der Waals surface area contributed by atoms with Crippen LogP contribution in [0.4, 0.5) is 17.6 Å². The number of aromatic nitrogens is 5. The second kappa shape index (κ2) is 6.33. The van der Waals surface area contributed by atoms with Crippen LogP contribution in [-0.2, 0) is 18.1 Å². The SMILES string of the molecule is O=c1cccc(C(F)(F)C(O)(Cn2cnnn2)c2ccc(F)cc2F)[nH]1. The molecule has 0 fully saturated rings. The minimum Gasteiger partial charge on any atom is -0.377 e.